The second-order valence-corrected chi connectivity index (χ2v) is 5.16. The van der Waals surface area contributed by atoms with Gasteiger partial charge in [0.15, 0.2) is 5.82 Å². The van der Waals surface area contributed by atoms with Crippen LogP contribution in [0.3, 0.4) is 0 Å². The van der Waals surface area contributed by atoms with E-state index in [1.165, 1.54) is 0 Å². The highest BCUT2D eigenvalue weighted by atomic mass is 79.9. The van der Waals surface area contributed by atoms with Crippen LogP contribution in [0.1, 0.15) is 5.69 Å². The number of anilines is 3. The van der Waals surface area contributed by atoms with E-state index in [1.807, 2.05) is 31.2 Å². The fraction of sp³-hybridized carbons (Fsp3) is 0.0769. The van der Waals surface area contributed by atoms with Crippen molar-refractivity contribution in [1.82, 2.24) is 15.2 Å². The molecule has 0 radical (unpaired) electrons. The van der Waals surface area contributed by atoms with Crippen LogP contribution in [0.15, 0.2) is 34.9 Å². The average molecular weight is 318 g/mol. The molecule has 1 aromatic carbocycles. The van der Waals surface area contributed by atoms with Crippen molar-refractivity contribution in [2.75, 3.05) is 11.1 Å². The Balaban J connectivity index is 2.03. The van der Waals surface area contributed by atoms with Gasteiger partial charge in [-0.1, -0.05) is 0 Å². The van der Waals surface area contributed by atoms with Gasteiger partial charge < -0.3 is 11.1 Å². The van der Waals surface area contributed by atoms with Crippen LogP contribution in [-0.4, -0.2) is 15.2 Å². The smallest absolute Gasteiger partial charge is 0.153 e. The van der Waals surface area contributed by atoms with Crippen LogP contribution in [0, 0.1) is 6.92 Å². The molecule has 96 valence electrons. The van der Waals surface area contributed by atoms with E-state index in [0.717, 1.165) is 26.8 Å². The third-order valence-corrected chi connectivity index (χ3v) is 3.45. The predicted octanol–water partition coefficient (Wildman–Crippen LogP) is 3.35. The number of nitrogens with one attached hydrogen (secondary N) is 2. The molecule has 5 nitrogen and oxygen atoms in total. The van der Waals surface area contributed by atoms with Crippen molar-refractivity contribution < 1.29 is 0 Å². The van der Waals surface area contributed by atoms with Crippen LogP contribution in [0.5, 0.6) is 0 Å². The van der Waals surface area contributed by atoms with Gasteiger partial charge in [-0.3, -0.25) is 5.10 Å². The van der Waals surface area contributed by atoms with Gasteiger partial charge in [0.2, 0.25) is 0 Å². The van der Waals surface area contributed by atoms with Crippen molar-refractivity contribution in [3.63, 3.8) is 0 Å². The summed E-state index contributed by atoms with van der Waals surface area (Å²) in [7, 11) is 0. The third kappa shape index (κ3) is 2.26. The van der Waals surface area contributed by atoms with E-state index in [-0.39, 0.29) is 0 Å². The number of pyridine rings is 1. The molecule has 2 aromatic heterocycles. The molecule has 0 unspecified atom stereocenters. The lowest BCUT2D eigenvalue weighted by atomic mass is 10.2. The van der Waals surface area contributed by atoms with Gasteiger partial charge >= 0.3 is 0 Å². The van der Waals surface area contributed by atoms with E-state index < -0.39 is 0 Å². The largest absolute Gasteiger partial charge is 0.396 e. The molecule has 0 bridgehead atoms. The molecule has 0 aliphatic carbocycles. The van der Waals surface area contributed by atoms with Gasteiger partial charge in [-0.15, -0.1) is 0 Å². The lowest BCUT2D eigenvalue weighted by molar-refractivity contribution is 1.12. The highest BCUT2D eigenvalue weighted by Gasteiger charge is 2.06. The first kappa shape index (κ1) is 12.0. The van der Waals surface area contributed by atoms with Gasteiger partial charge in [-0.05, 0) is 47.1 Å². The van der Waals surface area contributed by atoms with Crippen LogP contribution >= 0.6 is 15.9 Å². The number of aromatic amines is 1. The van der Waals surface area contributed by atoms with Crippen molar-refractivity contribution in [3.8, 4) is 0 Å². The Morgan fingerprint density at radius 1 is 1.32 bits per heavy atom. The first-order valence-corrected chi connectivity index (χ1v) is 6.55. The maximum atomic E-state index is 5.91. The summed E-state index contributed by atoms with van der Waals surface area (Å²) in [6, 6.07) is 7.68. The Morgan fingerprint density at radius 3 is 3.00 bits per heavy atom. The van der Waals surface area contributed by atoms with Gasteiger partial charge in [0.25, 0.3) is 0 Å². The fourth-order valence-corrected chi connectivity index (χ4v) is 2.45. The Labute approximate surface area is 118 Å². The first-order valence-electron chi connectivity index (χ1n) is 5.76. The Kier molecular flexibility index (Phi) is 2.87. The van der Waals surface area contributed by atoms with Crippen molar-refractivity contribution in [3.05, 3.63) is 40.6 Å². The minimum atomic E-state index is 0.619. The Morgan fingerprint density at radius 2 is 2.16 bits per heavy atom. The maximum Gasteiger partial charge on any atom is 0.153 e. The number of nitrogens with two attached hydrogens (primary N) is 1. The van der Waals surface area contributed by atoms with Gasteiger partial charge in [0.1, 0.15) is 0 Å². The van der Waals surface area contributed by atoms with E-state index in [4.69, 9.17) is 5.73 Å². The van der Waals surface area contributed by atoms with Gasteiger partial charge in [-0.25, -0.2) is 4.98 Å². The Hall–Kier alpha value is -2.08. The number of nitrogens with zero attached hydrogens (tertiary/aromatic N) is 2. The summed E-state index contributed by atoms with van der Waals surface area (Å²) in [6.07, 6.45) is 1.78. The first-order chi connectivity index (χ1) is 9.13. The fourth-order valence-electron chi connectivity index (χ4n) is 1.89. The minimum absolute atomic E-state index is 0.619. The lowest BCUT2D eigenvalue weighted by Gasteiger charge is -2.09. The van der Waals surface area contributed by atoms with Crippen LogP contribution in [-0.2, 0) is 0 Å². The summed E-state index contributed by atoms with van der Waals surface area (Å²) in [4.78, 5) is 4.39. The topological polar surface area (TPSA) is 79.6 Å². The zero-order chi connectivity index (χ0) is 13.4. The molecule has 6 heteroatoms. The summed E-state index contributed by atoms with van der Waals surface area (Å²) in [5.41, 5.74) is 9.33. The number of fused-ring (bicyclic) bond motifs is 1. The van der Waals surface area contributed by atoms with Crippen LogP contribution in [0.2, 0.25) is 0 Å². The number of H-pyrrole nitrogens is 1. The molecule has 4 N–H and O–H groups in total. The second-order valence-electron chi connectivity index (χ2n) is 4.31. The molecule has 0 atom stereocenters. The van der Waals surface area contributed by atoms with Gasteiger partial charge in [0, 0.05) is 21.2 Å². The van der Waals surface area contributed by atoms with Crippen molar-refractivity contribution >= 4 is 44.0 Å². The molecule has 3 aromatic rings. The molecule has 0 spiro atoms. The van der Waals surface area contributed by atoms with E-state index in [1.54, 1.807) is 6.20 Å². The van der Waals surface area contributed by atoms with E-state index in [2.05, 4.69) is 36.4 Å². The molecule has 0 saturated heterocycles. The standard InChI is InChI=1S/C13H12BrN5/c1-7-2-3-11(15)13(17-7)18-9-4-8-6-16-19-12(8)10(14)5-9/h2-6H,15H2,1H3,(H,16,19)(H,17,18). The molecule has 0 aliphatic heterocycles. The normalized spacial score (nSPS) is 10.8. The highest BCUT2D eigenvalue weighted by molar-refractivity contribution is 9.10. The van der Waals surface area contributed by atoms with Crippen LogP contribution in [0.4, 0.5) is 17.2 Å². The summed E-state index contributed by atoms with van der Waals surface area (Å²) >= 11 is 3.51. The van der Waals surface area contributed by atoms with Crippen molar-refractivity contribution in [1.29, 1.82) is 0 Å². The predicted molar refractivity (Wildman–Crippen MR) is 80.5 cm³/mol. The molecule has 0 aliphatic rings. The summed E-state index contributed by atoms with van der Waals surface area (Å²) in [5, 5.41) is 11.2. The quantitative estimate of drug-likeness (QED) is 0.677. The lowest BCUT2D eigenvalue weighted by Crippen LogP contribution is -2.00. The minimum Gasteiger partial charge on any atom is -0.396 e. The van der Waals surface area contributed by atoms with Crippen LogP contribution < -0.4 is 11.1 Å². The van der Waals surface area contributed by atoms with E-state index in [9.17, 15) is 0 Å². The van der Waals surface area contributed by atoms with Crippen molar-refractivity contribution in [2.24, 2.45) is 0 Å². The van der Waals surface area contributed by atoms with Crippen molar-refractivity contribution in [2.45, 2.75) is 6.92 Å². The molecular formula is C13H12BrN5. The Bertz CT molecular complexity index is 750. The number of aromatic nitrogens is 3. The third-order valence-electron chi connectivity index (χ3n) is 2.83. The second kappa shape index (κ2) is 4.55. The number of halogens is 1. The number of nitrogen functional groups attached to an aromatic ring is 1. The van der Waals surface area contributed by atoms with Crippen LogP contribution in [0.25, 0.3) is 10.9 Å². The zero-order valence-electron chi connectivity index (χ0n) is 10.2. The summed E-state index contributed by atoms with van der Waals surface area (Å²) in [6.45, 7) is 1.93. The monoisotopic (exact) mass is 317 g/mol. The molecule has 19 heavy (non-hydrogen) atoms. The van der Waals surface area contributed by atoms with Gasteiger partial charge in [-0.2, -0.15) is 5.10 Å². The molecule has 0 saturated carbocycles. The number of hydrogen-bond donors (Lipinski definition) is 3. The molecule has 2 heterocycles. The van der Waals surface area contributed by atoms with E-state index in [0.29, 0.717) is 11.5 Å². The number of hydrogen-bond acceptors (Lipinski definition) is 4. The highest BCUT2D eigenvalue weighted by Crippen LogP contribution is 2.29. The summed E-state index contributed by atoms with van der Waals surface area (Å²) < 4.78 is 0.941. The SMILES string of the molecule is Cc1ccc(N)c(Nc2cc(Br)c3[nH]ncc3c2)n1. The summed E-state index contributed by atoms with van der Waals surface area (Å²) in [5.74, 6) is 0.662. The van der Waals surface area contributed by atoms with Gasteiger partial charge in [0.05, 0.1) is 17.4 Å². The molecule has 0 fully saturated rings. The molecule has 3 rings (SSSR count). The zero-order valence-corrected chi connectivity index (χ0v) is 11.8. The average Bonchev–Trinajstić information content (AvgIpc) is 2.82. The number of rotatable bonds is 2. The number of benzene rings is 1. The molecular weight excluding hydrogens is 306 g/mol. The molecule has 0 amide bonds. The van der Waals surface area contributed by atoms with E-state index >= 15 is 0 Å². The number of aryl methyl sites for hydroxylation is 1. The maximum absolute atomic E-state index is 5.91.